The first-order valence-electron chi connectivity index (χ1n) is 9.29. The maximum atomic E-state index is 12.3. The van der Waals surface area contributed by atoms with Gasteiger partial charge in [0.1, 0.15) is 22.9 Å². The van der Waals surface area contributed by atoms with Crippen LogP contribution in [0.5, 0.6) is 5.75 Å². The third kappa shape index (κ3) is 3.61. The van der Waals surface area contributed by atoms with Crippen molar-refractivity contribution in [2.75, 3.05) is 5.32 Å². The minimum absolute atomic E-state index is 0.102. The van der Waals surface area contributed by atoms with Gasteiger partial charge in [-0.1, -0.05) is 6.07 Å². The van der Waals surface area contributed by atoms with Gasteiger partial charge in [-0.25, -0.2) is 9.97 Å². The number of fused-ring (bicyclic) bond motifs is 1. The van der Waals surface area contributed by atoms with Crippen molar-refractivity contribution < 1.29 is 13.5 Å². The lowest BCUT2D eigenvalue weighted by Gasteiger charge is -2.09. The SMILES string of the molecule is FC(F)Oc1ccc(Nc2cncc(-c3c(C4CC4)nc4ccccn34)n2)cc1. The molecule has 1 aromatic carbocycles. The molecule has 0 radical (unpaired) electrons. The molecule has 0 unspecified atom stereocenters. The lowest BCUT2D eigenvalue weighted by atomic mass is 10.2. The molecule has 3 heterocycles. The molecule has 4 aromatic rings. The molecule has 0 amide bonds. The molecule has 1 fully saturated rings. The second-order valence-corrected chi connectivity index (χ2v) is 6.87. The molecule has 0 saturated heterocycles. The molecular formula is C21H17F2N5O. The highest BCUT2D eigenvalue weighted by atomic mass is 19.3. The van der Waals surface area contributed by atoms with Crippen LogP contribution in [0, 0.1) is 0 Å². The van der Waals surface area contributed by atoms with Crippen LogP contribution in [0.3, 0.4) is 0 Å². The lowest BCUT2D eigenvalue weighted by molar-refractivity contribution is -0.0498. The van der Waals surface area contributed by atoms with E-state index in [0.29, 0.717) is 17.4 Å². The highest BCUT2D eigenvalue weighted by molar-refractivity contribution is 5.67. The minimum Gasteiger partial charge on any atom is -0.435 e. The summed E-state index contributed by atoms with van der Waals surface area (Å²) in [4.78, 5) is 13.8. The largest absolute Gasteiger partial charge is 0.435 e. The third-order valence-electron chi connectivity index (χ3n) is 4.75. The van der Waals surface area contributed by atoms with Gasteiger partial charge in [-0.3, -0.25) is 9.38 Å². The molecule has 6 nitrogen and oxygen atoms in total. The van der Waals surface area contributed by atoms with Crippen molar-refractivity contribution in [3.05, 3.63) is 66.7 Å². The first-order valence-corrected chi connectivity index (χ1v) is 9.29. The normalized spacial score (nSPS) is 13.8. The van der Waals surface area contributed by atoms with Crippen molar-refractivity contribution in [2.24, 2.45) is 0 Å². The van der Waals surface area contributed by atoms with Gasteiger partial charge in [0.2, 0.25) is 0 Å². The minimum atomic E-state index is -2.84. The zero-order valence-electron chi connectivity index (χ0n) is 15.3. The van der Waals surface area contributed by atoms with Gasteiger partial charge in [-0.05, 0) is 49.2 Å². The summed E-state index contributed by atoms with van der Waals surface area (Å²) in [5, 5.41) is 3.15. The van der Waals surface area contributed by atoms with Crippen LogP contribution in [0.2, 0.25) is 0 Å². The number of halogens is 2. The van der Waals surface area contributed by atoms with Crippen LogP contribution in [0.15, 0.2) is 61.1 Å². The van der Waals surface area contributed by atoms with E-state index in [0.717, 1.165) is 35.6 Å². The molecule has 146 valence electrons. The van der Waals surface area contributed by atoms with E-state index in [1.165, 1.54) is 12.1 Å². The third-order valence-corrected chi connectivity index (χ3v) is 4.75. The summed E-state index contributed by atoms with van der Waals surface area (Å²) < 4.78 is 31.0. The maximum Gasteiger partial charge on any atom is 0.387 e. The van der Waals surface area contributed by atoms with Crippen molar-refractivity contribution in [1.82, 2.24) is 19.4 Å². The van der Waals surface area contributed by atoms with Crippen molar-refractivity contribution in [3.63, 3.8) is 0 Å². The standard InChI is InChI=1S/C21H17F2N5O/c22-21(23)29-15-8-6-14(7-9-15)25-17-12-24-11-16(26-17)20-19(13-4-5-13)27-18-3-1-2-10-28(18)20/h1-3,6-13,21H,4-5H2,(H,25,26). The second kappa shape index (κ2) is 7.12. The summed E-state index contributed by atoms with van der Waals surface area (Å²) >= 11 is 0. The summed E-state index contributed by atoms with van der Waals surface area (Å²) in [6, 6.07) is 12.2. The highest BCUT2D eigenvalue weighted by Crippen LogP contribution is 2.43. The summed E-state index contributed by atoms with van der Waals surface area (Å²) in [7, 11) is 0. The van der Waals surface area contributed by atoms with Gasteiger partial charge in [-0.15, -0.1) is 0 Å². The van der Waals surface area contributed by atoms with Gasteiger partial charge < -0.3 is 10.1 Å². The molecule has 3 aromatic heterocycles. The summed E-state index contributed by atoms with van der Waals surface area (Å²) in [5.74, 6) is 1.12. The number of hydrogen-bond donors (Lipinski definition) is 1. The fourth-order valence-corrected chi connectivity index (χ4v) is 3.32. The first-order chi connectivity index (χ1) is 14.2. The Bertz CT molecular complexity index is 1160. The molecule has 1 aliphatic rings. The Morgan fingerprint density at radius 1 is 1.03 bits per heavy atom. The summed E-state index contributed by atoms with van der Waals surface area (Å²) in [6.07, 6.45) is 7.60. The molecular weight excluding hydrogens is 376 g/mol. The van der Waals surface area contributed by atoms with Crippen LogP contribution < -0.4 is 10.1 Å². The van der Waals surface area contributed by atoms with Gasteiger partial charge in [0.15, 0.2) is 0 Å². The van der Waals surface area contributed by atoms with E-state index in [-0.39, 0.29) is 5.75 Å². The topological polar surface area (TPSA) is 64.3 Å². The first kappa shape index (κ1) is 17.5. The molecule has 1 saturated carbocycles. The lowest BCUT2D eigenvalue weighted by Crippen LogP contribution is -2.02. The number of aromatic nitrogens is 4. The van der Waals surface area contributed by atoms with E-state index in [1.54, 1.807) is 24.5 Å². The number of imidazole rings is 1. The number of ether oxygens (including phenoxy) is 1. The van der Waals surface area contributed by atoms with Crippen molar-refractivity contribution in [3.8, 4) is 17.1 Å². The quantitative estimate of drug-likeness (QED) is 0.499. The second-order valence-electron chi connectivity index (χ2n) is 6.87. The zero-order valence-corrected chi connectivity index (χ0v) is 15.3. The van der Waals surface area contributed by atoms with Crippen molar-refractivity contribution >= 4 is 17.2 Å². The van der Waals surface area contributed by atoms with Gasteiger partial charge in [0, 0.05) is 17.8 Å². The fourth-order valence-electron chi connectivity index (χ4n) is 3.32. The predicted octanol–water partition coefficient (Wildman–Crippen LogP) is 5.01. The summed E-state index contributed by atoms with van der Waals surface area (Å²) in [6.45, 7) is -2.84. The van der Waals surface area contributed by atoms with Crippen LogP contribution in [-0.2, 0) is 0 Å². The molecule has 5 rings (SSSR count). The van der Waals surface area contributed by atoms with E-state index < -0.39 is 6.61 Å². The number of pyridine rings is 1. The van der Waals surface area contributed by atoms with Gasteiger partial charge in [0.05, 0.1) is 23.8 Å². The molecule has 1 N–H and O–H groups in total. The Balaban J connectivity index is 1.46. The van der Waals surface area contributed by atoms with Gasteiger partial charge in [0.25, 0.3) is 0 Å². The number of nitrogens with one attached hydrogen (secondary N) is 1. The smallest absolute Gasteiger partial charge is 0.387 e. The Morgan fingerprint density at radius 2 is 1.86 bits per heavy atom. The van der Waals surface area contributed by atoms with Crippen molar-refractivity contribution in [2.45, 2.75) is 25.4 Å². The number of hydrogen-bond acceptors (Lipinski definition) is 5. The van der Waals surface area contributed by atoms with E-state index in [1.807, 2.05) is 28.8 Å². The van der Waals surface area contributed by atoms with E-state index in [4.69, 9.17) is 9.97 Å². The van der Waals surface area contributed by atoms with Crippen LogP contribution >= 0.6 is 0 Å². The molecule has 29 heavy (non-hydrogen) atoms. The Labute approximate surface area is 165 Å². The van der Waals surface area contributed by atoms with Gasteiger partial charge in [-0.2, -0.15) is 8.78 Å². The Morgan fingerprint density at radius 3 is 2.62 bits per heavy atom. The van der Waals surface area contributed by atoms with E-state index >= 15 is 0 Å². The van der Waals surface area contributed by atoms with Gasteiger partial charge >= 0.3 is 6.61 Å². The van der Waals surface area contributed by atoms with E-state index in [9.17, 15) is 8.78 Å². The molecule has 8 heteroatoms. The number of benzene rings is 1. The average molecular weight is 393 g/mol. The Kier molecular flexibility index (Phi) is 4.31. The number of rotatable bonds is 6. The zero-order chi connectivity index (χ0) is 19.8. The van der Waals surface area contributed by atoms with Crippen LogP contribution in [0.4, 0.5) is 20.3 Å². The fraction of sp³-hybridized carbons (Fsp3) is 0.190. The van der Waals surface area contributed by atoms with Crippen LogP contribution in [0.1, 0.15) is 24.5 Å². The van der Waals surface area contributed by atoms with Crippen molar-refractivity contribution in [1.29, 1.82) is 0 Å². The monoisotopic (exact) mass is 393 g/mol. The number of alkyl halides is 2. The molecule has 0 spiro atoms. The van der Waals surface area contributed by atoms with Crippen LogP contribution in [-0.4, -0.2) is 26.0 Å². The average Bonchev–Trinajstić information content (AvgIpc) is 3.49. The maximum absolute atomic E-state index is 12.3. The number of anilines is 2. The predicted molar refractivity (Wildman–Crippen MR) is 105 cm³/mol. The number of nitrogens with zero attached hydrogens (tertiary/aromatic N) is 4. The highest BCUT2D eigenvalue weighted by Gasteiger charge is 2.31. The Hall–Kier alpha value is -3.55. The molecule has 0 bridgehead atoms. The van der Waals surface area contributed by atoms with Crippen LogP contribution in [0.25, 0.3) is 17.0 Å². The van der Waals surface area contributed by atoms with E-state index in [2.05, 4.69) is 15.0 Å². The molecule has 1 aliphatic carbocycles. The molecule has 0 aliphatic heterocycles. The summed E-state index contributed by atoms with van der Waals surface area (Å²) in [5.41, 5.74) is 4.32. The molecule has 0 atom stereocenters.